The van der Waals surface area contributed by atoms with Gasteiger partial charge in [-0.05, 0) is 71.1 Å². The number of likely N-dealkylation sites (tertiary alicyclic amines) is 1. The third kappa shape index (κ3) is 2.46. The van der Waals surface area contributed by atoms with E-state index in [1.165, 1.54) is 4.90 Å². The molecule has 1 N–H and O–H groups in total. The first-order chi connectivity index (χ1) is 12.9. The smallest absolute Gasteiger partial charge is 0.247 e. The number of hydrogen-bond donors (Lipinski definition) is 1. The van der Waals surface area contributed by atoms with Crippen LogP contribution in [-0.4, -0.2) is 28.7 Å². The summed E-state index contributed by atoms with van der Waals surface area (Å²) < 4.78 is 0.728. The number of hydrogen-bond acceptors (Lipinski definition) is 3. The summed E-state index contributed by atoms with van der Waals surface area (Å²) in [6.45, 7) is 1.61. The Bertz CT molecular complexity index is 880. The van der Waals surface area contributed by atoms with Gasteiger partial charge in [0.25, 0.3) is 0 Å². The quantitative estimate of drug-likeness (QED) is 0.567. The summed E-state index contributed by atoms with van der Waals surface area (Å²) >= 11 is 9.37. The maximum Gasteiger partial charge on any atom is 0.247 e. The van der Waals surface area contributed by atoms with E-state index in [-0.39, 0.29) is 41.4 Å². The van der Waals surface area contributed by atoms with Crippen LogP contribution in [0.25, 0.3) is 0 Å². The molecule has 1 aromatic rings. The van der Waals surface area contributed by atoms with Gasteiger partial charge >= 0.3 is 0 Å². The monoisotopic (exact) mass is 448 g/mol. The largest absolute Gasteiger partial charge is 0.324 e. The first-order valence-electron chi connectivity index (χ1n) is 9.19. The topological polar surface area (TPSA) is 66.5 Å². The Kier molecular flexibility index (Phi) is 3.82. The number of rotatable bonds is 3. The molecule has 140 valence electrons. The van der Waals surface area contributed by atoms with E-state index in [0.717, 1.165) is 10.9 Å². The van der Waals surface area contributed by atoms with Gasteiger partial charge in [-0.25, -0.2) is 0 Å². The predicted molar refractivity (Wildman–Crippen MR) is 104 cm³/mol. The molecule has 0 radical (unpaired) electrons. The first-order valence-corrected chi connectivity index (χ1v) is 10.4. The maximum absolute atomic E-state index is 13.1. The Hall–Kier alpha value is -1.66. The SMILES string of the molecule is C[C@@H](C(=O)Nc1ccc(Br)c(Cl)c1)N1C(=O)[C@@H]2[C@@H]3C=C[C@H]([C@H]4C[C@H]34)[C@@H]2C1=O. The first kappa shape index (κ1) is 17.4. The van der Waals surface area contributed by atoms with E-state index in [4.69, 9.17) is 11.6 Å². The summed E-state index contributed by atoms with van der Waals surface area (Å²) in [6, 6.07) is 4.22. The molecule has 0 aromatic heterocycles. The van der Waals surface area contributed by atoms with Crippen LogP contribution in [0.2, 0.25) is 5.02 Å². The third-order valence-electron chi connectivity index (χ3n) is 6.65. The molecule has 5 aliphatic rings. The third-order valence-corrected chi connectivity index (χ3v) is 7.88. The number of benzene rings is 1. The van der Waals surface area contributed by atoms with Gasteiger partial charge in [-0.1, -0.05) is 23.8 Å². The van der Waals surface area contributed by atoms with E-state index >= 15 is 0 Å². The molecule has 1 aromatic carbocycles. The molecular weight excluding hydrogens is 432 g/mol. The van der Waals surface area contributed by atoms with E-state index in [9.17, 15) is 14.4 Å². The molecule has 0 unspecified atom stereocenters. The molecule has 4 aliphatic carbocycles. The van der Waals surface area contributed by atoms with E-state index in [0.29, 0.717) is 22.5 Å². The van der Waals surface area contributed by atoms with Gasteiger partial charge in [0.1, 0.15) is 6.04 Å². The van der Waals surface area contributed by atoms with Gasteiger partial charge in [0.15, 0.2) is 0 Å². The number of imide groups is 1. The number of halogens is 2. The molecule has 3 amide bonds. The average molecular weight is 450 g/mol. The zero-order valence-electron chi connectivity index (χ0n) is 14.6. The van der Waals surface area contributed by atoms with E-state index in [2.05, 4.69) is 33.4 Å². The number of allylic oxidation sites excluding steroid dienone is 2. The molecule has 2 saturated carbocycles. The highest BCUT2D eigenvalue weighted by atomic mass is 79.9. The second-order valence-corrected chi connectivity index (χ2v) is 9.26. The summed E-state index contributed by atoms with van der Waals surface area (Å²) in [7, 11) is 0. The summed E-state index contributed by atoms with van der Waals surface area (Å²) in [5, 5.41) is 3.23. The number of nitrogens with one attached hydrogen (secondary N) is 1. The van der Waals surface area contributed by atoms with Gasteiger partial charge in [-0.2, -0.15) is 0 Å². The van der Waals surface area contributed by atoms with Gasteiger partial charge < -0.3 is 5.32 Å². The molecule has 1 heterocycles. The fraction of sp³-hybridized carbons (Fsp3) is 0.450. The van der Waals surface area contributed by atoms with Crippen molar-refractivity contribution in [1.82, 2.24) is 4.90 Å². The second kappa shape index (κ2) is 5.92. The van der Waals surface area contributed by atoms with Crippen molar-refractivity contribution >= 4 is 50.9 Å². The normalized spacial score (nSPS) is 36.5. The van der Waals surface area contributed by atoms with Gasteiger partial charge in [-0.3, -0.25) is 19.3 Å². The van der Waals surface area contributed by atoms with Gasteiger partial charge in [-0.15, -0.1) is 0 Å². The Balaban J connectivity index is 1.37. The van der Waals surface area contributed by atoms with Crippen molar-refractivity contribution in [1.29, 1.82) is 0 Å². The van der Waals surface area contributed by atoms with Crippen LogP contribution in [0.5, 0.6) is 0 Å². The molecule has 2 bridgehead atoms. The van der Waals surface area contributed by atoms with Crippen LogP contribution in [0.1, 0.15) is 13.3 Å². The molecule has 6 rings (SSSR count). The lowest BCUT2D eigenvalue weighted by Crippen LogP contribution is -2.46. The summed E-state index contributed by atoms with van der Waals surface area (Å²) in [5.74, 6) is 0.0804. The molecule has 5 nitrogen and oxygen atoms in total. The molecule has 7 atom stereocenters. The summed E-state index contributed by atoms with van der Waals surface area (Å²) in [4.78, 5) is 40.0. The highest BCUT2D eigenvalue weighted by Crippen LogP contribution is 2.65. The Labute approximate surface area is 170 Å². The van der Waals surface area contributed by atoms with Crippen molar-refractivity contribution in [3.63, 3.8) is 0 Å². The molecule has 7 heteroatoms. The van der Waals surface area contributed by atoms with Crippen molar-refractivity contribution < 1.29 is 14.4 Å². The predicted octanol–water partition coefficient (Wildman–Crippen LogP) is 3.48. The molecule has 27 heavy (non-hydrogen) atoms. The molecule has 3 fully saturated rings. The Morgan fingerprint density at radius 2 is 1.78 bits per heavy atom. The van der Waals surface area contributed by atoms with Crippen molar-refractivity contribution in [3.05, 3.63) is 39.8 Å². The number of carbonyl (C=O) groups excluding carboxylic acids is 3. The van der Waals surface area contributed by atoms with Crippen molar-refractivity contribution in [2.24, 2.45) is 35.5 Å². The lowest BCUT2D eigenvalue weighted by atomic mass is 9.63. The Morgan fingerprint density at radius 3 is 2.33 bits per heavy atom. The number of anilines is 1. The highest BCUT2D eigenvalue weighted by Gasteiger charge is 2.67. The lowest BCUT2D eigenvalue weighted by molar-refractivity contribution is -0.146. The van der Waals surface area contributed by atoms with Crippen molar-refractivity contribution in [2.45, 2.75) is 19.4 Å². The van der Waals surface area contributed by atoms with Gasteiger partial charge in [0.05, 0.1) is 16.9 Å². The van der Waals surface area contributed by atoms with E-state index in [1.807, 2.05) is 0 Å². The zero-order chi connectivity index (χ0) is 19.0. The lowest BCUT2D eigenvalue weighted by Gasteiger charge is -2.37. The van der Waals surface area contributed by atoms with E-state index < -0.39 is 6.04 Å². The second-order valence-electron chi connectivity index (χ2n) is 8.00. The van der Waals surface area contributed by atoms with Crippen molar-refractivity contribution in [2.75, 3.05) is 5.32 Å². The van der Waals surface area contributed by atoms with Crippen LogP contribution in [0.3, 0.4) is 0 Å². The van der Waals surface area contributed by atoms with Gasteiger partial charge in [0, 0.05) is 10.2 Å². The molecular formula is C20H18BrClN2O3. The summed E-state index contributed by atoms with van der Waals surface area (Å²) in [6.07, 6.45) is 5.38. The number of nitrogens with zero attached hydrogens (tertiary/aromatic N) is 1. The van der Waals surface area contributed by atoms with Crippen LogP contribution in [-0.2, 0) is 14.4 Å². The van der Waals surface area contributed by atoms with E-state index in [1.54, 1.807) is 25.1 Å². The number of carbonyl (C=O) groups is 3. The summed E-state index contributed by atoms with van der Waals surface area (Å²) in [5.41, 5.74) is 0.527. The number of amides is 3. The minimum atomic E-state index is -0.853. The van der Waals surface area contributed by atoms with Crippen LogP contribution in [0, 0.1) is 35.5 Å². The molecule has 1 saturated heterocycles. The van der Waals surface area contributed by atoms with Gasteiger partial charge in [0.2, 0.25) is 17.7 Å². The fourth-order valence-electron chi connectivity index (χ4n) is 5.30. The van der Waals surface area contributed by atoms with Crippen LogP contribution in [0.4, 0.5) is 5.69 Å². The molecule has 1 aliphatic heterocycles. The van der Waals surface area contributed by atoms with Crippen LogP contribution >= 0.6 is 27.5 Å². The fourth-order valence-corrected chi connectivity index (χ4v) is 5.73. The molecule has 0 spiro atoms. The highest BCUT2D eigenvalue weighted by molar-refractivity contribution is 9.10. The minimum absolute atomic E-state index is 0.159. The Morgan fingerprint density at radius 1 is 1.19 bits per heavy atom. The zero-order valence-corrected chi connectivity index (χ0v) is 16.9. The van der Waals surface area contributed by atoms with Crippen molar-refractivity contribution in [3.8, 4) is 0 Å². The van der Waals surface area contributed by atoms with Crippen LogP contribution < -0.4 is 5.32 Å². The maximum atomic E-state index is 13.1. The average Bonchev–Trinajstić information content (AvgIpc) is 3.42. The minimum Gasteiger partial charge on any atom is -0.324 e. The standard InChI is InChI=1S/C20H18BrClN2O3/c1-8(18(25)23-9-2-5-14(21)15(22)6-9)24-19(26)16-10-3-4-11(13-7-12(10)13)17(16)20(24)27/h2-6,8,10-13,16-17H,7H2,1H3,(H,23,25)/t8-,10+,11+,12+,13+,16-,17+/m0/s1. The van der Waals surface area contributed by atoms with Crippen LogP contribution in [0.15, 0.2) is 34.8 Å².